The predicted molar refractivity (Wildman–Crippen MR) is 71.9 cm³/mol. The van der Waals surface area contributed by atoms with Crippen LogP contribution in [0.4, 0.5) is 0 Å². The van der Waals surface area contributed by atoms with Crippen LogP contribution in [0.1, 0.15) is 26.7 Å². The molecule has 0 heterocycles. The first kappa shape index (κ1) is 16.2. The Morgan fingerprint density at radius 3 is 2.53 bits per heavy atom. The predicted octanol–water partition coefficient (Wildman–Crippen LogP) is 0.0977. The fourth-order valence-electron chi connectivity index (χ4n) is 1.20. The summed E-state index contributed by atoms with van der Waals surface area (Å²) in [5, 5.41) is 5.42. The molecular formula is C11H23N3O2S. The van der Waals surface area contributed by atoms with Crippen LogP contribution < -0.4 is 16.4 Å². The van der Waals surface area contributed by atoms with Crippen LogP contribution in [0.2, 0.25) is 0 Å². The average molecular weight is 261 g/mol. The van der Waals surface area contributed by atoms with Gasteiger partial charge in [-0.15, -0.1) is 0 Å². The maximum Gasteiger partial charge on any atom is 0.236 e. The average Bonchev–Trinajstić information content (AvgIpc) is 2.24. The Kier molecular flexibility index (Phi) is 8.89. The van der Waals surface area contributed by atoms with E-state index in [1.165, 1.54) is 0 Å². The molecule has 6 heteroatoms. The van der Waals surface area contributed by atoms with Crippen LogP contribution in [-0.2, 0) is 9.59 Å². The van der Waals surface area contributed by atoms with Crippen molar-refractivity contribution in [2.45, 2.75) is 38.8 Å². The smallest absolute Gasteiger partial charge is 0.236 e. The van der Waals surface area contributed by atoms with E-state index in [4.69, 9.17) is 5.73 Å². The number of carbonyl (C=O) groups is 2. The zero-order valence-electron chi connectivity index (χ0n) is 10.8. The molecule has 0 bridgehead atoms. The van der Waals surface area contributed by atoms with E-state index < -0.39 is 6.04 Å². The van der Waals surface area contributed by atoms with Gasteiger partial charge in [-0.1, -0.05) is 0 Å². The molecule has 0 aliphatic carbocycles. The minimum Gasteiger partial charge on any atom is -0.354 e. The van der Waals surface area contributed by atoms with Gasteiger partial charge in [-0.05, 0) is 32.3 Å². The summed E-state index contributed by atoms with van der Waals surface area (Å²) >= 11 is 1.66. The van der Waals surface area contributed by atoms with E-state index in [1.54, 1.807) is 11.8 Å². The van der Waals surface area contributed by atoms with Crippen LogP contribution in [0.5, 0.6) is 0 Å². The Morgan fingerprint density at radius 1 is 1.35 bits per heavy atom. The van der Waals surface area contributed by atoms with Gasteiger partial charge in [0.2, 0.25) is 11.8 Å². The third-order valence-electron chi connectivity index (χ3n) is 2.07. The molecule has 0 aromatic heterocycles. The summed E-state index contributed by atoms with van der Waals surface area (Å²) in [6.07, 6.45) is 2.92. The lowest BCUT2D eigenvalue weighted by atomic mass is 10.2. The lowest BCUT2D eigenvalue weighted by Crippen LogP contribution is -2.42. The van der Waals surface area contributed by atoms with Gasteiger partial charge in [-0.25, -0.2) is 0 Å². The topological polar surface area (TPSA) is 84.2 Å². The molecule has 0 unspecified atom stereocenters. The Labute approximate surface area is 107 Å². The minimum atomic E-state index is -0.476. The number of nitrogens with one attached hydrogen (secondary N) is 2. The Morgan fingerprint density at radius 2 is 2.00 bits per heavy atom. The number of amides is 2. The van der Waals surface area contributed by atoms with Crippen LogP contribution in [-0.4, -0.2) is 42.5 Å². The van der Waals surface area contributed by atoms with Crippen LogP contribution in [0, 0.1) is 0 Å². The van der Waals surface area contributed by atoms with E-state index in [0.29, 0.717) is 19.4 Å². The highest BCUT2D eigenvalue weighted by Gasteiger charge is 2.12. The standard InChI is InChI=1S/C11H23N3O2S/c1-8(2)14-10(15)4-6-13-11(16)9(12)5-7-17-3/h8-9H,4-7,12H2,1-3H3,(H,13,16)(H,14,15)/t9-/m1/s1. The lowest BCUT2D eigenvalue weighted by molar-refractivity contribution is -0.123. The number of rotatable bonds is 8. The second-order valence-electron chi connectivity index (χ2n) is 4.15. The van der Waals surface area contributed by atoms with Gasteiger partial charge in [0, 0.05) is 19.0 Å². The first-order valence-corrected chi connectivity index (χ1v) is 7.18. The van der Waals surface area contributed by atoms with Gasteiger partial charge in [0.05, 0.1) is 6.04 Å². The second kappa shape index (κ2) is 9.30. The quantitative estimate of drug-likeness (QED) is 0.578. The summed E-state index contributed by atoms with van der Waals surface area (Å²) in [6, 6.07) is -0.349. The zero-order valence-corrected chi connectivity index (χ0v) is 11.6. The van der Waals surface area contributed by atoms with E-state index in [-0.39, 0.29) is 17.9 Å². The number of nitrogens with two attached hydrogens (primary N) is 1. The van der Waals surface area contributed by atoms with Crippen molar-refractivity contribution in [3.05, 3.63) is 0 Å². The summed E-state index contributed by atoms with van der Waals surface area (Å²) in [5.41, 5.74) is 5.67. The molecule has 2 amide bonds. The van der Waals surface area contributed by atoms with E-state index in [0.717, 1.165) is 5.75 Å². The van der Waals surface area contributed by atoms with Crippen molar-refractivity contribution in [1.29, 1.82) is 0 Å². The SMILES string of the molecule is CSCC[C@@H](N)C(=O)NCCC(=O)NC(C)C. The maximum atomic E-state index is 11.5. The van der Waals surface area contributed by atoms with Gasteiger partial charge >= 0.3 is 0 Å². The molecule has 1 atom stereocenters. The summed E-state index contributed by atoms with van der Waals surface area (Å²) in [5.74, 6) is 0.622. The first-order valence-electron chi connectivity index (χ1n) is 5.79. The number of hydrogen-bond acceptors (Lipinski definition) is 4. The maximum absolute atomic E-state index is 11.5. The molecule has 0 radical (unpaired) electrons. The zero-order chi connectivity index (χ0) is 13.3. The molecule has 100 valence electrons. The molecule has 4 N–H and O–H groups in total. The molecule has 17 heavy (non-hydrogen) atoms. The number of hydrogen-bond donors (Lipinski definition) is 3. The molecule has 0 rings (SSSR count). The number of carbonyl (C=O) groups excluding carboxylic acids is 2. The van der Waals surface area contributed by atoms with Crippen LogP contribution in [0.3, 0.4) is 0 Å². The van der Waals surface area contributed by atoms with Crippen molar-refractivity contribution in [3.8, 4) is 0 Å². The normalized spacial score (nSPS) is 12.3. The lowest BCUT2D eigenvalue weighted by Gasteiger charge is -2.12. The molecule has 0 saturated heterocycles. The van der Waals surface area contributed by atoms with Gasteiger partial charge in [-0.2, -0.15) is 11.8 Å². The van der Waals surface area contributed by atoms with Gasteiger partial charge in [0.25, 0.3) is 0 Å². The van der Waals surface area contributed by atoms with Crippen molar-refractivity contribution >= 4 is 23.6 Å². The first-order chi connectivity index (χ1) is 7.97. The molecule has 0 saturated carbocycles. The summed E-state index contributed by atoms with van der Waals surface area (Å²) in [7, 11) is 0. The Hall–Kier alpha value is -0.750. The van der Waals surface area contributed by atoms with Crippen molar-refractivity contribution < 1.29 is 9.59 Å². The summed E-state index contributed by atoms with van der Waals surface area (Å²) < 4.78 is 0. The fourth-order valence-corrected chi connectivity index (χ4v) is 1.69. The highest BCUT2D eigenvalue weighted by molar-refractivity contribution is 7.98. The Bertz CT molecular complexity index is 247. The largest absolute Gasteiger partial charge is 0.354 e. The second-order valence-corrected chi connectivity index (χ2v) is 5.14. The molecule has 0 spiro atoms. The van der Waals surface area contributed by atoms with Crippen LogP contribution in [0.25, 0.3) is 0 Å². The number of thioether (sulfide) groups is 1. The summed E-state index contributed by atoms with van der Waals surface area (Å²) in [6.45, 7) is 4.13. The molecule has 0 aromatic rings. The van der Waals surface area contributed by atoms with Crippen LogP contribution in [0.15, 0.2) is 0 Å². The highest BCUT2D eigenvalue weighted by atomic mass is 32.2. The van der Waals surface area contributed by atoms with Crippen LogP contribution >= 0.6 is 11.8 Å². The summed E-state index contributed by atoms with van der Waals surface area (Å²) in [4.78, 5) is 22.8. The van der Waals surface area contributed by atoms with E-state index in [9.17, 15) is 9.59 Å². The molecule has 0 aromatic carbocycles. The van der Waals surface area contributed by atoms with Gasteiger partial charge < -0.3 is 16.4 Å². The molecular weight excluding hydrogens is 238 g/mol. The van der Waals surface area contributed by atoms with E-state index >= 15 is 0 Å². The Balaban J connectivity index is 3.66. The molecule has 0 aliphatic heterocycles. The van der Waals surface area contributed by atoms with Gasteiger partial charge in [-0.3, -0.25) is 9.59 Å². The molecule has 0 aliphatic rings. The van der Waals surface area contributed by atoms with E-state index in [1.807, 2.05) is 20.1 Å². The van der Waals surface area contributed by atoms with E-state index in [2.05, 4.69) is 10.6 Å². The monoisotopic (exact) mass is 261 g/mol. The van der Waals surface area contributed by atoms with Crippen molar-refractivity contribution in [1.82, 2.24) is 10.6 Å². The third kappa shape index (κ3) is 9.00. The van der Waals surface area contributed by atoms with Crippen molar-refractivity contribution in [3.63, 3.8) is 0 Å². The molecule has 5 nitrogen and oxygen atoms in total. The van der Waals surface area contributed by atoms with Gasteiger partial charge in [0.1, 0.15) is 0 Å². The van der Waals surface area contributed by atoms with Crippen molar-refractivity contribution in [2.24, 2.45) is 5.73 Å². The minimum absolute atomic E-state index is 0.0574. The van der Waals surface area contributed by atoms with Crippen molar-refractivity contribution in [2.75, 3.05) is 18.6 Å². The fraction of sp³-hybridized carbons (Fsp3) is 0.818. The third-order valence-corrected chi connectivity index (χ3v) is 2.71. The molecule has 0 fully saturated rings. The van der Waals surface area contributed by atoms with Gasteiger partial charge in [0.15, 0.2) is 0 Å². The highest BCUT2D eigenvalue weighted by Crippen LogP contribution is 1.98.